The minimum absolute atomic E-state index is 0.0277. The summed E-state index contributed by atoms with van der Waals surface area (Å²) >= 11 is 0. The highest BCUT2D eigenvalue weighted by Crippen LogP contribution is 2.29. The van der Waals surface area contributed by atoms with E-state index in [-0.39, 0.29) is 36.7 Å². The van der Waals surface area contributed by atoms with E-state index >= 15 is 0 Å². The van der Waals surface area contributed by atoms with Crippen molar-refractivity contribution in [2.75, 3.05) is 13.2 Å². The summed E-state index contributed by atoms with van der Waals surface area (Å²) in [6, 6.07) is 10.1. The number of hydrogen-bond acceptors (Lipinski definition) is 7. The van der Waals surface area contributed by atoms with Crippen LogP contribution >= 0.6 is 0 Å². The lowest BCUT2D eigenvalue weighted by atomic mass is 9.93. The van der Waals surface area contributed by atoms with Gasteiger partial charge >= 0.3 is 5.97 Å². The Morgan fingerprint density at radius 1 is 1.21 bits per heavy atom. The van der Waals surface area contributed by atoms with Gasteiger partial charge in [-0.1, -0.05) is 36.4 Å². The van der Waals surface area contributed by atoms with Crippen molar-refractivity contribution in [3.63, 3.8) is 0 Å². The van der Waals surface area contributed by atoms with Crippen LogP contribution in [-0.4, -0.2) is 61.1 Å². The Morgan fingerprint density at radius 2 is 1.94 bits per heavy atom. The summed E-state index contributed by atoms with van der Waals surface area (Å²) in [5, 5.41) is 10.8. The summed E-state index contributed by atoms with van der Waals surface area (Å²) in [4.78, 5) is 11.6. The summed E-state index contributed by atoms with van der Waals surface area (Å²) in [5.41, 5.74) is 1.14. The lowest BCUT2D eigenvalue weighted by Gasteiger charge is -2.36. The van der Waals surface area contributed by atoms with E-state index in [4.69, 9.17) is 23.7 Å². The monoisotopic (exact) mass is 476 g/mol. The number of carbonyl (C=O) groups is 1. The summed E-state index contributed by atoms with van der Waals surface area (Å²) in [5.74, 6) is -0.333. The molecule has 0 bridgehead atoms. The summed E-state index contributed by atoms with van der Waals surface area (Å²) < 4.78 is 28.9. The molecule has 34 heavy (non-hydrogen) atoms. The maximum atomic E-state index is 11.6. The first kappa shape index (κ1) is 26.8. The first-order chi connectivity index (χ1) is 16.5. The maximum Gasteiger partial charge on any atom is 0.302 e. The zero-order chi connectivity index (χ0) is 24.2. The highest BCUT2D eigenvalue weighted by atomic mass is 16.7. The number of carbonyl (C=O) groups excluding carboxylic acids is 1. The van der Waals surface area contributed by atoms with Crippen molar-refractivity contribution in [2.24, 2.45) is 0 Å². The van der Waals surface area contributed by atoms with Gasteiger partial charge in [-0.05, 0) is 44.1 Å². The van der Waals surface area contributed by atoms with Gasteiger partial charge in [-0.3, -0.25) is 4.79 Å². The molecule has 0 saturated carbocycles. The number of ether oxygens (including phenoxy) is 5. The zero-order valence-corrected chi connectivity index (χ0v) is 20.3. The molecule has 0 spiro atoms. The Bertz CT molecular complexity index is 719. The van der Waals surface area contributed by atoms with Gasteiger partial charge in [-0.2, -0.15) is 0 Å². The fourth-order valence-electron chi connectivity index (χ4n) is 4.73. The Balaban J connectivity index is 1.48. The average molecular weight is 477 g/mol. The third-order valence-corrected chi connectivity index (χ3v) is 6.25. The van der Waals surface area contributed by atoms with Gasteiger partial charge in [0, 0.05) is 19.8 Å². The summed E-state index contributed by atoms with van der Waals surface area (Å²) in [6.45, 7) is 7.06. The Hall–Kier alpha value is -1.77. The van der Waals surface area contributed by atoms with Crippen LogP contribution in [0.2, 0.25) is 0 Å². The van der Waals surface area contributed by atoms with E-state index < -0.39 is 6.10 Å². The zero-order valence-electron chi connectivity index (χ0n) is 20.3. The molecule has 0 aromatic heterocycles. The quantitative estimate of drug-likeness (QED) is 0.316. The average Bonchev–Trinajstić information content (AvgIpc) is 3.31. The molecular weight excluding hydrogens is 436 g/mol. The van der Waals surface area contributed by atoms with Crippen molar-refractivity contribution in [2.45, 2.75) is 102 Å². The molecular formula is C27H40O7. The highest BCUT2D eigenvalue weighted by molar-refractivity contribution is 5.66. The van der Waals surface area contributed by atoms with Crippen LogP contribution in [0, 0.1) is 0 Å². The second-order valence-corrected chi connectivity index (χ2v) is 9.25. The molecule has 2 saturated heterocycles. The molecule has 0 aliphatic carbocycles. The van der Waals surface area contributed by atoms with Crippen molar-refractivity contribution < 1.29 is 33.6 Å². The predicted octanol–water partition coefficient (Wildman–Crippen LogP) is 4.31. The second kappa shape index (κ2) is 14.6. The lowest BCUT2D eigenvalue weighted by Crippen LogP contribution is -2.39. The largest absolute Gasteiger partial charge is 0.462 e. The van der Waals surface area contributed by atoms with Crippen LogP contribution in [0.4, 0.5) is 0 Å². The van der Waals surface area contributed by atoms with Crippen molar-refractivity contribution in [3.8, 4) is 0 Å². The van der Waals surface area contributed by atoms with Crippen LogP contribution in [0.25, 0.3) is 0 Å². The fraction of sp³-hybridized carbons (Fsp3) is 0.667. The molecule has 7 heteroatoms. The number of aliphatic hydroxyl groups is 1. The van der Waals surface area contributed by atoms with Crippen LogP contribution < -0.4 is 0 Å². The Kier molecular flexibility index (Phi) is 11.5. The first-order valence-electron chi connectivity index (χ1n) is 12.5. The molecule has 5 atom stereocenters. The standard InChI is InChI=1S/C27H40O7/c1-3-8-23-17-25(32-19-21-9-5-4-6-10-21)18-26(34-23)16-22(29)15-24(33-20(2)28)11-7-12-27-30-13-14-31-27/h3-6,9-10,22-27,29H,1,7-8,11-19H2,2H3/t22-,23+,24+,25-,26-/m1/s1. The SMILES string of the molecule is C=CC[C@H]1C[C@@H](OCc2ccccc2)C[C@@H](C[C@H](O)C[C@H](CCCC2OCCO2)OC(C)=O)O1. The molecule has 1 N–H and O–H groups in total. The van der Waals surface area contributed by atoms with Crippen molar-refractivity contribution in [3.05, 3.63) is 48.6 Å². The molecule has 2 aliphatic rings. The van der Waals surface area contributed by atoms with Crippen LogP contribution in [0.1, 0.15) is 63.9 Å². The molecule has 2 aliphatic heterocycles. The van der Waals surface area contributed by atoms with E-state index in [9.17, 15) is 9.90 Å². The minimum atomic E-state index is -0.634. The van der Waals surface area contributed by atoms with E-state index in [1.807, 2.05) is 24.3 Å². The molecule has 1 aromatic carbocycles. The molecule has 2 fully saturated rings. The number of rotatable bonds is 14. The first-order valence-corrected chi connectivity index (χ1v) is 12.5. The van der Waals surface area contributed by atoms with Crippen molar-refractivity contribution >= 4 is 5.97 Å². The number of benzene rings is 1. The highest BCUT2D eigenvalue weighted by Gasteiger charge is 2.32. The van der Waals surface area contributed by atoms with E-state index in [2.05, 4.69) is 18.7 Å². The normalized spacial score (nSPS) is 25.1. The van der Waals surface area contributed by atoms with E-state index in [1.54, 1.807) is 0 Å². The molecule has 0 radical (unpaired) electrons. The van der Waals surface area contributed by atoms with E-state index in [0.29, 0.717) is 39.1 Å². The van der Waals surface area contributed by atoms with Crippen molar-refractivity contribution in [1.29, 1.82) is 0 Å². The second-order valence-electron chi connectivity index (χ2n) is 9.25. The third kappa shape index (κ3) is 9.84. The topological polar surface area (TPSA) is 83.5 Å². The molecule has 0 amide bonds. The van der Waals surface area contributed by atoms with Crippen LogP contribution in [0.5, 0.6) is 0 Å². The van der Waals surface area contributed by atoms with Gasteiger partial charge in [-0.15, -0.1) is 6.58 Å². The number of aliphatic hydroxyl groups excluding tert-OH is 1. The molecule has 1 aromatic rings. The predicted molar refractivity (Wildman–Crippen MR) is 128 cm³/mol. The smallest absolute Gasteiger partial charge is 0.302 e. The summed E-state index contributed by atoms with van der Waals surface area (Å²) in [6.07, 6.45) is 6.05. The number of esters is 1. The van der Waals surface area contributed by atoms with Crippen molar-refractivity contribution in [1.82, 2.24) is 0 Å². The van der Waals surface area contributed by atoms with Gasteiger partial charge in [0.2, 0.25) is 0 Å². The lowest BCUT2D eigenvalue weighted by molar-refractivity contribution is -0.149. The Morgan fingerprint density at radius 3 is 2.65 bits per heavy atom. The van der Waals surface area contributed by atoms with Gasteiger partial charge in [0.25, 0.3) is 0 Å². The third-order valence-electron chi connectivity index (χ3n) is 6.25. The maximum absolute atomic E-state index is 11.6. The number of hydrogen-bond donors (Lipinski definition) is 1. The minimum Gasteiger partial charge on any atom is -0.462 e. The van der Waals surface area contributed by atoms with Crippen LogP contribution in [0.3, 0.4) is 0 Å². The van der Waals surface area contributed by atoms with E-state index in [1.165, 1.54) is 6.92 Å². The van der Waals surface area contributed by atoms with Crippen LogP contribution in [0.15, 0.2) is 43.0 Å². The molecule has 7 nitrogen and oxygen atoms in total. The van der Waals surface area contributed by atoms with Gasteiger partial charge in [-0.25, -0.2) is 0 Å². The fourth-order valence-corrected chi connectivity index (χ4v) is 4.73. The molecule has 0 unspecified atom stereocenters. The van der Waals surface area contributed by atoms with Crippen LogP contribution in [-0.2, 0) is 35.1 Å². The van der Waals surface area contributed by atoms with Gasteiger partial charge in [0.1, 0.15) is 6.10 Å². The molecule has 190 valence electrons. The van der Waals surface area contributed by atoms with Gasteiger partial charge < -0.3 is 28.8 Å². The van der Waals surface area contributed by atoms with E-state index in [0.717, 1.165) is 37.7 Å². The van der Waals surface area contributed by atoms with Gasteiger partial charge in [0.15, 0.2) is 6.29 Å². The molecule has 3 rings (SSSR count). The summed E-state index contributed by atoms with van der Waals surface area (Å²) in [7, 11) is 0. The molecule has 2 heterocycles. The Labute approximate surface area is 203 Å². The van der Waals surface area contributed by atoms with Gasteiger partial charge in [0.05, 0.1) is 44.2 Å².